The van der Waals surface area contributed by atoms with Crippen LogP contribution in [0.5, 0.6) is 0 Å². The summed E-state index contributed by atoms with van der Waals surface area (Å²) >= 11 is 0. The van der Waals surface area contributed by atoms with Crippen LogP contribution >= 0.6 is 0 Å². The van der Waals surface area contributed by atoms with E-state index in [9.17, 15) is 4.21 Å². The van der Waals surface area contributed by atoms with Crippen molar-refractivity contribution in [3.8, 4) is 0 Å². The van der Waals surface area contributed by atoms with Gasteiger partial charge in [-0.15, -0.1) is 0 Å². The van der Waals surface area contributed by atoms with Crippen LogP contribution in [0.1, 0.15) is 19.3 Å². The van der Waals surface area contributed by atoms with E-state index in [4.69, 9.17) is 5.73 Å². The molecule has 0 heterocycles. The molecule has 2 rings (SSSR count). The quantitative estimate of drug-likeness (QED) is 0.812. The Bertz CT molecular complexity index is 539. The molecule has 3 heteroatoms. The van der Waals surface area contributed by atoms with Gasteiger partial charge in [0.25, 0.3) is 0 Å². The molecule has 0 aliphatic carbocycles. The molecular formula is C15H19NOS. The van der Waals surface area contributed by atoms with Crippen LogP contribution in [0.15, 0.2) is 47.4 Å². The molecule has 96 valence electrons. The molecule has 18 heavy (non-hydrogen) atoms. The first-order chi connectivity index (χ1) is 8.81. The van der Waals surface area contributed by atoms with E-state index < -0.39 is 10.8 Å². The Morgan fingerprint density at radius 1 is 0.944 bits per heavy atom. The summed E-state index contributed by atoms with van der Waals surface area (Å²) < 4.78 is 12.1. The topological polar surface area (TPSA) is 43.1 Å². The molecule has 1 unspecified atom stereocenters. The minimum Gasteiger partial charge on any atom is -0.330 e. The fraction of sp³-hybridized carbons (Fsp3) is 0.333. The van der Waals surface area contributed by atoms with E-state index in [1.165, 1.54) is 5.39 Å². The van der Waals surface area contributed by atoms with Crippen LogP contribution < -0.4 is 5.73 Å². The monoisotopic (exact) mass is 261 g/mol. The van der Waals surface area contributed by atoms with Crippen LogP contribution in [0, 0.1) is 0 Å². The second-order valence-corrected chi connectivity index (χ2v) is 5.98. The van der Waals surface area contributed by atoms with Crippen LogP contribution in [0.3, 0.4) is 0 Å². The maximum Gasteiger partial charge on any atom is 0.0529 e. The third kappa shape index (κ3) is 3.40. The zero-order valence-corrected chi connectivity index (χ0v) is 11.3. The van der Waals surface area contributed by atoms with Gasteiger partial charge in [0.2, 0.25) is 0 Å². The first-order valence-electron chi connectivity index (χ1n) is 6.38. The van der Waals surface area contributed by atoms with Crippen molar-refractivity contribution in [3.63, 3.8) is 0 Å². The zero-order valence-electron chi connectivity index (χ0n) is 10.5. The van der Waals surface area contributed by atoms with Crippen LogP contribution in [-0.4, -0.2) is 16.5 Å². The van der Waals surface area contributed by atoms with Crippen molar-refractivity contribution in [2.75, 3.05) is 12.3 Å². The molecule has 0 aliphatic rings. The number of benzene rings is 2. The van der Waals surface area contributed by atoms with Crippen molar-refractivity contribution in [2.45, 2.75) is 24.2 Å². The fourth-order valence-electron chi connectivity index (χ4n) is 1.98. The van der Waals surface area contributed by atoms with Crippen molar-refractivity contribution in [3.05, 3.63) is 42.5 Å². The Balaban J connectivity index is 2.04. The van der Waals surface area contributed by atoms with Gasteiger partial charge in [0.1, 0.15) is 0 Å². The third-order valence-electron chi connectivity index (χ3n) is 3.02. The fourth-order valence-corrected chi connectivity index (χ4v) is 3.16. The average Bonchev–Trinajstić information content (AvgIpc) is 2.43. The lowest BCUT2D eigenvalue weighted by atomic mass is 10.1. The van der Waals surface area contributed by atoms with Crippen LogP contribution in [-0.2, 0) is 10.8 Å². The molecule has 0 bridgehead atoms. The van der Waals surface area contributed by atoms with Crippen molar-refractivity contribution in [2.24, 2.45) is 5.73 Å². The number of rotatable bonds is 6. The molecule has 2 N–H and O–H groups in total. The summed E-state index contributed by atoms with van der Waals surface area (Å²) in [4.78, 5) is 0.932. The van der Waals surface area contributed by atoms with Gasteiger partial charge in [-0.05, 0) is 42.3 Å². The molecule has 1 atom stereocenters. The Morgan fingerprint density at radius 3 is 2.50 bits per heavy atom. The smallest absolute Gasteiger partial charge is 0.0529 e. The van der Waals surface area contributed by atoms with E-state index in [2.05, 4.69) is 12.1 Å². The minimum absolute atomic E-state index is 0.725. The van der Waals surface area contributed by atoms with Crippen LogP contribution in [0.25, 0.3) is 10.8 Å². The van der Waals surface area contributed by atoms with Gasteiger partial charge >= 0.3 is 0 Å². The van der Waals surface area contributed by atoms with Crippen molar-refractivity contribution >= 4 is 21.6 Å². The summed E-state index contributed by atoms with van der Waals surface area (Å²) in [5, 5.41) is 2.35. The molecule has 0 saturated carbocycles. The maximum absolute atomic E-state index is 12.1. The molecule has 0 aliphatic heterocycles. The summed E-state index contributed by atoms with van der Waals surface area (Å²) in [5.41, 5.74) is 5.44. The van der Waals surface area contributed by atoms with E-state index in [1.807, 2.05) is 30.3 Å². The van der Waals surface area contributed by atoms with Crippen molar-refractivity contribution in [1.82, 2.24) is 0 Å². The summed E-state index contributed by atoms with van der Waals surface area (Å²) in [6.45, 7) is 0.725. The first-order valence-corrected chi connectivity index (χ1v) is 7.70. The highest BCUT2D eigenvalue weighted by Gasteiger charge is 2.04. The van der Waals surface area contributed by atoms with Gasteiger partial charge in [0.05, 0.1) is 10.8 Å². The lowest BCUT2D eigenvalue weighted by Crippen LogP contribution is -2.01. The summed E-state index contributed by atoms with van der Waals surface area (Å²) in [5.74, 6) is 0.734. The van der Waals surface area contributed by atoms with E-state index >= 15 is 0 Å². The molecule has 0 spiro atoms. The summed E-state index contributed by atoms with van der Waals surface area (Å²) in [7, 11) is -0.884. The highest BCUT2D eigenvalue weighted by atomic mass is 32.2. The standard InChI is InChI=1S/C15H19NOS/c16-10-4-1-5-11-18(17)15-9-8-13-6-2-3-7-14(13)12-15/h2-3,6-9,12H,1,4-5,10-11,16H2. The van der Waals surface area contributed by atoms with Crippen LogP contribution in [0.4, 0.5) is 0 Å². The average molecular weight is 261 g/mol. The van der Waals surface area contributed by atoms with Gasteiger partial charge in [-0.3, -0.25) is 4.21 Å². The molecule has 0 saturated heterocycles. The first kappa shape index (κ1) is 13.2. The molecule has 2 nitrogen and oxygen atoms in total. The van der Waals surface area contributed by atoms with Crippen molar-refractivity contribution < 1.29 is 4.21 Å². The normalized spacial score (nSPS) is 12.7. The maximum atomic E-state index is 12.1. The molecule has 0 radical (unpaired) electrons. The predicted octanol–water partition coefficient (Wildman–Crippen LogP) is 3.08. The van der Waals surface area contributed by atoms with Gasteiger partial charge in [-0.2, -0.15) is 0 Å². The van der Waals surface area contributed by atoms with Gasteiger partial charge < -0.3 is 5.73 Å². The number of fused-ring (bicyclic) bond motifs is 1. The zero-order chi connectivity index (χ0) is 12.8. The molecular weight excluding hydrogens is 242 g/mol. The molecule has 0 aromatic heterocycles. The summed E-state index contributed by atoms with van der Waals surface area (Å²) in [6, 6.07) is 14.2. The van der Waals surface area contributed by atoms with E-state index in [-0.39, 0.29) is 0 Å². The minimum atomic E-state index is -0.884. The Morgan fingerprint density at radius 2 is 1.72 bits per heavy atom. The highest BCUT2D eigenvalue weighted by molar-refractivity contribution is 7.85. The third-order valence-corrected chi connectivity index (χ3v) is 4.46. The number of nitrogens with two attached hydrogens (primary N) is 1. The number of unbranched alkanes of at least 4 members (excludes halogenated alkanes) is 2. The summed E-state index contributed by atoms with van der Waals surface area (Å²) in [6.07, 6.45) is 3.07. The van der Waals surface area contributed by atoms with E-state index in [0.29, 0.717) is 0 Å². The highest BCUT2D eigenvalue weighted by Crippen LogP contribution is 2.18. The largest absolute Gasteiger partial charge is 0.330 e. The SMILES string of the molecule is NCCCCCS(=O)c1ccc2ccccc2c1. The number of hydrogen-bond donors (Lipinski definition) is 1. The van der Waals surface area contributed by atoms with Crippen LogP contribution in [0.2, 0.25) is 0 Å². The van der Waals surface area contributed by atoms with Gasteiger partial charge in [0.15, 0.2) is 0 Å². The predicted molar refractivity (Wildman–Crippen MR) is 78.1 cm³/mol. The Hall–Kier alpha value is -1.19. The lowest BCUT2D eigenvalue weighted by Gasteiger charge is -2.04. The number of hydrogen-bond acceptors (Lipinski definition) is 2. The van der Waals surface area contributed by atoms with E-state index in [1.54, 1.807) is 0 Å². The molecule has 0 amide bonds. The Labute approximate surface area is 111 Å². The Kier molecular flexibility index (Phi) is 4.90. The van der Waals surface area contributed by atoms with Gasteiger partial charge in [0, 0.05) is 10.6 Å². The molecule has 2 aromatic carbocycles. The lowest BCUT2D eigenvalue weighted by molar-refractivity contribution is 0.673. The van der Waals surface area contributed by atoms with E-state index in [0.717, 1.165) is 41.8 Å². The van der Waals surface area contributed by atoms with Crippen molar-refractivity contribution in [1.29, 1.82) is 0 Å². The van der Waals surface area contributed by atoms with Gasteiger partial charge in [-0.25, -0.2) is 0 Å². The second-order valence-electron chi connectivity index (χ2n) is 4.41. The molecule has 0 fully saturated rings. The van der Waals surface area contributed by atoms with Gasteiger partial charge in [-0.1, -0.05) is 36.8 Å². The second kappa shape index (κ2) is 6.66. The molecule has 2 aromatic rings.